The Morgan fingerprint density at radius 1 is 1.11 bits per heavy atom. The van der Waals surface area contributed by atoms with Crippen LogP contribution in [0.1, 0.15) is 39.9 Å². The van der Waals surface area contributed by atoms with Gasteiger partial charge in [0, 0.05) is 24.9 Å². The zero-order valence-corrected chi connectivity index (χ0v) is 16.9. The standard InChI is InChI=1S/C21H24N2O4S/c1-15(24)22-14-17-8-9-18(28-17)19(25)23-12-10-21(11-13-23,20(26)27-2)16-6-4-3-5-7-16/h3-9H,10-14H2,1-2H3,(H,22,24). The van der Waals surface area contributed by atoms with E-state index >= 15 is 0 Å². The van der Waals surface area contributed by atoms with Crippen LogP contribution in [0.4, 0.5) is 0 Å². The Kier molecular flexibility index (Phi) is 6.14. The zero-order valence-electron chi connectivity index (χ0n) is 16.1. The van der Waals surface area contributed by atoms with Gasteiger partial charge in [-0.15, -0.1) is 11.3 Å². The molecule has 28 heavy (non-hydrogen) atoms. The van der Waals surface area contributed by atoms with Crippen LogP contribution in [0.25, 0.3) is 0 Å². The minimum Gasteiger partial charge on any atom is -0.468 e. The lowest BCUT2D eigenvalue weighted by Crippen LogP contribution is -2.49. The van der Waals surface area contributed by atoms with E-state index in [1.165, 1.54) is 25.4 Å². The summed E-state index contributed by atoms with van der Waals surface area (Å²) >= 11 is 1.39. The van der Waals surface area contributed by atoms with Crippen molar-refractivity contribution in [1.82, 2.24) is 10.2 Å². The zero-order chi connectivity index (χ0) is 20.1. The van der Waals surface area contributed by atoms with Crippen LogP contribution >= 0.6 is 11.3 Å². The SMILES string of the molecule is COC(=O)C1(c2ccccc2)CCN(C(=O)c2ccc(CNC(C)=O)s2)CC1. The van der Waals surface area contributed by atoms with Crippen LogP contribution in [0.15, 0.2) is 42.5 Å². The highest BCUT2D eigenvalue weighted by atomic mass is 32.1. The highest BCUT2D eigenvalue weighted by Gasteiger charge is 2.44. The van der Waals surface area contributed by atoms with Crippen molar-refractivity contribution in [2.75, 3.05) is 20.2 Å². The molecule has 1 fully saturated rings. The third-order valence-electron chi connectivity index (χ3n) is 5.19. The smallest absolute Gasteiger partial charge is 0.316 e. The Hall–Kier alpha value is -2.67. The van der Waals surface area contributed by atoms with Gasteiger partial charge in [0.1, 0.15) is 0 Å². The predicted molar refractivity (Wildman–Crippen MR) is 107 cm³/mol. The third-order valence-corrected chi connectivity index (χ3v) is 6.26. The van der Waals surface area contributed by atoms with Crippen molar-refractivity contribution in [3.8, 4) is 0 Å². The second kappa shape index (κ2) is 8.56. The fraction of sp³-hybridized carbons (Fsp3) is 0.381. The lowest BCUT2D eigenvalue weighted by Gasteiger charge is -2.40. The monoisotopic (exact) mass is 400 g/mol. The number of carbonyl (C=O) groups excluding carboxylic acids is 3. The molecule has 1 aromatic heterocycles. The summed E-state index contributed by atoms with van der Waals surface area (Å²) in [6, 6.07) is 13.3. The number of hydrogen-bond acceptors (Lipinski definition) is 5. The fourth-order valence-corrected chi connectivity index (χ4v) is 4.53. The summed E-state index contributed by atoms with van der Waals surface area (Å²) in [6.07, 6.45) is 1.05. The van der Waals surface area contributed by atoms with Crippen molar-refractivity contribution in [2.24, 2.45) is 0 Å². The maximum atomic E-state index is 12.9. The highest BCUT2D eigenvalue weighted by Crippen LogP contribution is 2.37. The largest absolute Gasteiger partial charge is 0.468 e. The number of carbonyl (C=O) groups is 3. The number of thiophene rings is 1. The van der Waals surface area contributed by atoms with Crippen molar-refractivity contribution in [3.05, 3.63) is 57.8 Å². The Bertz CT molecular complexity index is 854. The minimum atomic E-state index is -0.710. The lowest BCUT2D eigenvalue weighted by molar-refractivity contribution is -0.149. The summed E-state index contributed by atoms with van der Waals surface area (Å²) in [5, 5.41) is 2.74. The minimum absolute atomic E-state index is 0.0365. The number of likely N-dealkylation sites (tertiary alicyclic amines) is 1. The van der Waals surface area contributed by atoms with Crippen molar-refractivity contribution >= 4 is 29.1 Å². The van der Waals surface area contributed by atoms with E-state index in [0.29, 0.717) is 37.4 Å². The van der Waals surface area contributed by atoms with E-state index in [1.54, 1.807) is 11.0 Å². The quantitative estimate of drug-likeness (QED) is 0.783. The number of piperidine rings is 1. The molecule has 0 bridgehead atoms. The van der Waals surface area contributed by atoms with Crippen molar-refractivity contribution < 1.29 is 19.1 Å². The molecule has 0 atom stereocenters. The summed E-state index contributed by atoms with van der Waals surface area (Å²) in [5.41, 5.74) is 0.224. The van der Waals surface area contributed by atoms with Gasteiger partial charge in [-0.1, -0.05) is 30.3 Å². The second-order valence-corrected chi connectivity index (χ2v) is 8.08. The second-order valence-electron chi connectivity index (χ2n) is 6.91. The Morgan fingerprint density at radius 3 is 2.39 bits per heavy atom. The molecule has 0 spiro atoms. The van der Waals surface area contributed by atoms with E-state index < -0.39 is 5.41 Å². The van der Waals surface area contributed by atoms with Crippen LogP contribution in [-0.4, -0.2) is 42.9 Å². The van der Waals surface area contributed by atoms with Gasteiger partial charge in [-0.05, 0) is 30.5 Å². The van der Waals surface area contributed by atoms with E-state index in [9.17, 15) is 14.4 Å². The summed E-state index contributed by atoms with van der Waals surface area (Å²) in [6.45, 7) is 2.87. The Labute approximate surface area is 168 Å². The average Bonchev–Trinajstić information content (AvgIpc) is 3.21. The molecule has 2 heterocycles. The Balaban J connectivity index is 1.70. The van der Waals surface area contributed by atoms with Gasteiger partial charge < -0.3 is 15.0 Å². The summed E-state index contributed by atoms with van der Waals surface area (Å²) < 4.78 is 5.10. The van der Waals surface area contributed by atoms with Crippen LogP contribution < -0.4 is 5.32 Å². The van der Waals surface area contributed by atoms with Gasteiger partial charge in [0.25, 0.3) is 5.91 Å². The highest BCUT2D eigenvalue weighted by molar-refractivity contribution is 7.14. The first-order valence-electron chi connectivity index (χ1n) is 9.22. The number of rotatable bonds is 5. The number of esters is 1. The third kappa shape index (κ3) is 4.09. The van der Waals surface area contributed by atoms with Gasteiger partial charge in [-0.25, -0.2) is 0 Å². The van der Waals surface area contributed by atoms with Crippen LogP contribution in [0.2, 0.25) is 0 Å². The number of hydrogen-bond donors (Lipinski definition) is 1. The molecule has 1 aromatic carbocycles. The van der Waals surface area contributed by atoms with E-state index in [4.69, 9.17) is 4.74 Å². The number of nitrogens with one attached hydrogen (secondary N) is 1. The summed E-state index contributed by atoms with van der Waals surface area (Å²) in [7, 11) is 1.41. The van der Waals surface area contributed by atoms with E-state index in [-0.39, 0.29) is 17.8 Å². The first-order chi connectivity index (χ1) is 13.5. The molecule has 3 rings (SSSR count). The normalized spacial score (nSPS) is 15.7. The van der Waals surface area contributed by atoms with Gasteiger partial charge >= 0.3 is 5.97 Å². The molecule has 1 aliphatic heterocycles. The Morgan fingerprint density at radius 2 is 1.79 bits per heavy atom. The molecule has 6 nitrogen and oxygen atoms in total. The maximum absolute atomic E-state index is 12.9. The number of methoxy groups -OCH3 is 1. The topological polar surface area (TPSA) is 75.7 Å². The van der Waals surface area contributed by atoms with Gasteiger partial charge in [0.05, 0.1) is 23.9 Å². The predicted octanol–water partition coefficient (Wildman–Crippen LogP) is 2.73. The van der Waals surface area contributed by atoms with E-state index in [1.807, 2.05) is 36.4 Å². The van der Waals surface area contributed by atoms with Crippen LogP contribution in [0.3, 0.4) is 0 Å². The molecule has 1 saturated heterocycles. The van der Waals surface area contributed by atoms with Crippen LogP contribution in [0, 0.1) is 0 Å². The summed E-state index contributed by atoms with van der Waals surface area (Å²) in [5.74, 6) is -0.387. The molecule has 2 amide bonds. The van der Waals surface area contributed by atoms with E-state index in [0.717, 1.165) is 10.4 Å². The maximum Gasteiger partial charge on any atom is 0.316 e. The van der Waals surface area contributed by atoms with Crippen molar-refractivity contribution in [2.45, 2.75) is 31.7 Å². The molecular formula is C21H24N2O4S. The van der Waals surface area contributed by atoms with Crippen molar-refractivity contribution in [1.29, 1.82) is 0 Å². The number of benzene rings is 1. The average molecular weight is 401 g/mol. The molecule has 1 N–H and O–H groups in total. The molecule has 7 heteroatoms. The fourth-order valence-electron chi connectivity index (χ4n) is 3.61. The first kappa shape index (κ1) is 20.1. The number of ether oxygens (including phenoxy) is 1. The molecule has 0 saturated carbocycles. The van der Waals surface area contributed by atoms with Gasteiger partial charge in [-0.3, -0.25) is 14.4 Å². The van der Waals surface area contributed by atoms with Gasteiger partial charge in [-0.2, -0.15) is 0 Å². The van der Waals surface area contributed by atoms with Gasteiger partial charge in [0.15, 0.2) is 0 Å². The van der Waals surface area contributed by atoms with Crippen LogP contribution in [-0.2, 0) is 26.3 Å². The molecule has 148 valence electrons. The molecule has 2 aromatic rings. The number of amides is 2. The lowest BCUT2D eigenvalue weighted by atomic mass is 9.72. The van der Waals surface area contributed by atoms with Crippen molar-refractivity contribution in [3.63, 3.8) is 0 Å². The van der Waals surface area contributed by atoms with Crippen LogP contribution in [0.5, 0.6) is 0 Å². The first-order valence-corrected chi connectivity index (χ1v) is 10.0. The molecular weight excluding hydrogens is 376 g/mol. The van der Waals surface area contributed by atoms with Gasteiger partial charge in [0.2, 0.25) is 5.91 Å². The summed E-state index contributed by atoms with van der Waals surface area (Å²) in [4.78, 5) is 39.9. The molecule has 0 unspecified atom stereocenters. The van der Waals surface area contributed by atoms with E-state index in [2.05, 4.69) is 5.32 Å². The molecule has 0 aliphatic carbocycles. The molecule has 0 radical (unpaired) electrons. The molecule has 1 aliphatic rings. The number of nitrogens with zero attached hydrogens (tertiary/aromatic N) is 1.